The highest BCUT2D eigenvalue weighted by atomic mass is 16.5. The van der Waals surface area contributed by atoms with E-state index in [4.69, 9.17) is 14.2 Å². The summed E-state index contributed by atoms with van der Waals surface area (Å²) >= 11 is 0. The zero-order valence-corrected chi connectivity index (χ0v) is 11.9. The van der Waals surface area contributed by atoms with Crippen LogP contribution in [0.1, 0.15) is 19.4 Å². The van der Waals surface area contributed by atoms with Crippen LogP contribution in [0.15, 0.2) is 12.1 Å². The third-order valence-corrected chi connectivity index (χ3v) is 2.65. The summed E-state index contributed by atoms with van der Waals surface area (Å²) in [6.45, 7) is 6.08. The fraction of sp³-hybridized carbons (Fsp3) is 0.571. The van der Waals surface area contributed by atoms with Crippen molar-refractivity contribution < 1.29 is 14.2 Å². The molecule has 0 aliphatic rings. The molecule has 0 aliphatic heterocycles. The molecule has 102 valence electrons. The first-order chi connectivity index (χ1) is 8.63. The fourth-order valence-corrected chi connectivity index (χ4v) is 1.80. The molecule has 1 N–H and O–H groups in total. The molecule has 1 aromatic carbocycles. The monoisotopic (exact) mass is 253 g/mol. The first kappa shape index (κ1) is 14.6. The van der Waals surface area contributed by atoms with Crippen molar-refractivity contribution >= 4 is 0 Å². The number of rotatable bonds is 7. The van der Waals surface area contributed by atoms with Gasteiger partial charge in [0.25, 0.3) is 0 Å². The summed E-state index contributed by atoms with van der Waals surface area (Å²) in [5.41, 5.74) is 1.07. The summed E-state index contributed by atoms with van der Waals surface area (Å²) in [6, 6.07) is 3.89. The van der Waals surface area contributed by atoms with Crippen molar-refractivity contribution in [1.29, 1.82) is 0 Å². The molecule has 0 aromatic heterocycles. The summed E-state index contributed by atoms with van der Waals surface area (Å²) in [5.74, 6) is 2.68. The Morgan fingerprint density at radius 1 is 1.00 bits per heavy atom. The van der Waals surface area contributed by atoms with Gasteiger partial charge >= 0.3 is 0 Å². The average molecular weight is 253 g/mol. The highest BCUT2D eigenvalue weighted by Gasteiger charge is 2.15. The van der Waals surface area contributed by atoms with Crippen LogP contribution < -0.4 is 19.5 Å². The van der Waals surface area contributed by atoms with Crippen LogP contribution in [-0.2, 0) is 6.54 Å². The second-order valence-electron chi connectivity index (χ2n) is 4.52. The quantitative estimate of drug-likeness (QED) is 0.810. The molecule has 0 saturated heterocycles. The van der Waals surface area contributed by atoms with E-state index in [-0.39, 0.29) is 0 Å². The van der Waals surface area contributed by atoms with Crippen LogP contribution in [0.3, 0.4) is 0 Å². The Bertz CT molecular complexity index is 378. The van der Waals surface area contributed by atoms with Gasteiger partial charge in [0.2, 0.25) is 5.75 Å². The number of hydrogen-bond acceptors (Lipinski definition) is 4. The lowest BCUT2D eigenvalue weighted by molar-refractivity contribution is 0.321. The number of benzene rings is 1. The van der Waals surface area contributed by atoms with Crippen molar-refractivity contribution in [2.75, 3.05) is 27.9 Å². The van der Waals surface area contributed by atoms with E-state index < -0.39 is 0 Å². The largest absolute Gasteiger partial charge is 0.493 e. The number of nitrogens with one attached hydrogen (secondary N) is 1. The Morgan fingerprint density at radius 2 is 1.67 bits per heavy atom. The average Bonchev–Trinajstić information content (AvgIpc) is 2.37. The Balaban J connectivity index is 2.91. The second-order valence-corrected chi connectivity index (χ2v) is 4.52. The van der Waals surface area contributed by atoms with Crippen molar-refractivity contribution in [2.24, 2.45) is 5.92 Å². The van der Waals surface area contributed by atoms with Crippen LogP contribution >= 0.6 is 0 Å². The van der Waals surface area contributed by atoms with Crippen molar-refractivity contribution in [1.82, 2.24) is 5.32 Å². The minimum atomic E-state index is 0.621. The summed E-state index contributed by atoms with van der Waals surface area (Å²) in [4.78, 5) is 0. The van der Waals surface area contributed by atoms with Gasteiger partial charge in [-0.05, 0) is 18.5 Å². The minimum absolute atomic E-state index is 0.621. The van der Waals surface area contributed by atoms with E-state index in [0.29, 0.717) is 17.4 Å². The molecule has 0 bridgehead atoms. The van der Waals surface area contributed by atoms with Gasteiger partial charge in [0.05, 0.1) is 21.3 Å². The predicted molar refractivity (Wildman–Crippen MR) is 72.6 cm³/mol. The summed E-state index contributed by atoms with van der Waals surface area (Å²) in [6.07, 6.45) is 0. The zero-order chi connectivity index (χ0) is 13.5. The van der Waals surface area contributed by atoms with Crippen LogP contribution in [0.25, 0.3) is 0 Å². The summed E-state index contributed by atoms with van der Waals surface area (Å²) in [7, 11) is 4.88. The van der Waals surface area contributed by atoms with Crippen LogP contribution in [0.4, 0.5) is 0 Å². The normalized spacial score (nSPS) is 10.6. The number of hydrogen-bond donors (Lipinski definition) is 1. The molecule has 4 heteroatoms. The maximum atomic E-state index is 5.42. The zero-order valence-electron chi connectivity index (χ0n) is 11.9. The Labute approximate surface area is 109 Å². The Kier molecular flexibility index (Phi) is 5.78. The van der Waals surface area contributed by atoms with E-state index in [1.807, 2.05) is 12.1 Å². The van der Waals surface area contributed by atoms with Gasteiger partial charge in [0.1, 0.15) is 0 Å². The van der Waals surface area contributed by atoms with E-state index in [0.717, 1.165) is 24.4 Å². The van der Waals surface area contributed by atoms with Crippen molar-refractivity contribution in [3.63, 3.8) is 0 Å². The Hall–Kier alpha value is -1.42. The smallest absolute Gasteiger partial charge is 0.203 e. The molecule has 0 spiro atoms. The SMILES string of the molecule is COc1ccc(CNCC(C)C)c(OC)c1OC. The number of ether oxygens (including phenoxy) is 3. The van der Waals surface area contributed by atoms with Crippen LogP contribution in [-0.4, -0.2) is 27.9 Å². The lowest BCUT2D eigenvalue weighted by atomic mass is 10.1. The van der Waals surface area contributed by atoms with Crippen LogP contribution in [0.2, 0.25) is 0 Å². The summed E-state index contributed by atoms with van der Waals surface area (Å²) < 4.78 is 16.0. The van der Waals surface area contributed by atoms with Gasteiger partial charge in [0, 0.05) is 12.1 Å². The molecule has 1 aromatic rings. The van der Waals surface area contributed by atoms with E-state index in [9.17, 15) is 0 Å². The first-order valence-corrected chi connectivity index (χ1v) is 6.12. The third kappa shape index (κ3) is 3.53. The molecule has 0 unspecified atom stereocenters. The van der Waals surface area contributed by atoms with Crippen molar-refractivity contribution in [3.8, 4) is 17.2 Å². The fourth-order valence-electron chi connectivity index (χ4n) is 1.80. The van der Waals surface area contributed by atoms with Gasteiger partial charge in [-0.15, -0.1) is 0 Å². The van der Waals surface area contributed by atoms with E-state index >= 15 is 0 Å². The lowest BCUT2D eigenvalue weighted by Crippen LogP contribution is -2.19. The van der Waals surface area contributed by atoms with Gasteiger partial charge in [-0.25, -0.2) is 0 Å². The maximum Gasteiger partial charge on any atom is 0.203 e. The lowest BCUT2D eigenvalue weighted by Gasteiger charge is -2.16. The first-order valence-electron chi connectivity index (χ1n) is 6.12. The molecular weight excluding hydrogens is 230 g/mol. The number of methoxy groups -OCH3 is 3. The van der Waals surface area contributed by atoms with Crippen LogP contribution in [0.5, 0.6) is 17.2 Å². The molecule has 0 radical (unpaired) electrons. The standard InChI is InChI=1S/C14H23NO3/c1-10(2)8-15-9-11-6-7-12(16-3)14(18-5)13(11)17-4/h6-7,10,15H,8-9H2,1-5H3. The third-order valence-electron chi connectivity index (χ3n) is 2.65. The molecule has 0 aliphatic carbocycles. The summed E-state index contributed by atoms with van der Waals surface area (Å²) in [5, 5.41) is 3.39. The molecule has 18 heavy (non-hydrogen) atoms. The molecule has 0 atom stereocenters. The maximum absolute atomic E-state index is 5.42. The molecule has 0 fully saturated rings. The van der Waals surface area contributed by atoms with E-state index in [2.05, 4.69) is 19.2 Å². The van der Waals surface area contributed by atoms with Gasteiger partial charge in [-0.1, -0.05) is 19.9 Å². The topological polar surface area (TPSA) is 39.7 Å². The van der Waals surface area contributed by atoms with Gasteiger partial charge in [-0.3, -0.25) is 0 Å². The highest BCUT2D eigenvalue weighted by Crippen LogP contribution is 2.39. The highest BCUT2D eigenvalue weighted by molar-refractivity contribution is 5.55. The van der Waals surface area contributed by atoms with E-state index in [1.165, 1.54) is 0 Å². The molecule has 0 heterocycles. The van der Waals surface area contributed by atoms with Gasteiger partial charge < -0.3 is 19.5 Å². The van der Waals surface area contributed by atoms with Crippen LogP contribution in [0, 0.1) is 5.92 Å². The second kappa shape index (κ2) is 7.11. The van der Waals surface area contributed by atoms with Crippen molar-refractivity contribution in [3.05, 3.63) is 17.7 Å². The Morgan fingerprint density at radius 3 is 2.17 bits per heavy atom. The minimum Gasteiger partial charge on any atom is -0.493 e. The molecule has 0 saturated carbocycles. The van der Waals surface area contributed by atoms with Gasteiger partial charge in [0.15, 0.2) is 11.5 Å². The molecule has 4 nitrogen and oxygen atoms in total. The molecule has 1 rings (SSSR count). The molecule has 0 amide bonds. The molecular formula is C14H23NO3. The van der Waals surface area contributed by atoms with E-state index in [1.54, 1.807) is 21.3 Å². The predicted octanol–water partition coefficient (Wildman–Crippen LogP) is 2.46. The van der Waals surface area contributed by atoms with Gasteiger partial charge in [-0.2, -0.15) is 0 Å². The van der Waals surface area contributed by atoms with Crippen molar-refractivity contribution in [2.45, 2.75) is 20.4 Å².